The van der Waals surface area contributed by atoms with E-state index < -0.39 is 0 Å². The largest absolute Gasteiger partial charge is 0.379 e. The molecule has 0 heterocycles. The second-order valence-corrected chi connectivity index (χ2v) is 4.41. The van der Waals surface area contributed by atoms with Crippen LogP contribution in [0.1, 0.15) is 59.8 Å². The summed E-state index contributed by atoms with van der Waals surface area (Å²) in [5, 5.41) is 0. The maximum atomic E-state index is 5.50. The van der Waals surface area contributed by atoms with Crippen LogP contribution in [-0.4, -0.2) is 12.7 Å². The lowest BCUT2D eigenvalue weighted by Gasteiger charge is -2.27. The second kappa shape index (κ2) is 6.42. The molecule has 0 aromatic rings. The molecule has 0 bridgehead atoms. The molecule has 0 saturated carbocycles. The minimum atomic E-state index is 0.119. The van der Waals surface area contributed by atoms with Gasteiger partial charge in [-0.15, -0.1) is 0 Å². The van der Waals surface area contributed by atoms with Crippen LogP contribution in [0.15, 0.2) is 0 Å². The molecule has 0 aromatic carbocycles. The zero-order chi connectivity index (χ0) is 10.3. The van der Waals surface area contributed by atoms with Crippen LogP contribution < -0.4 is 0 Å². The summed E-state index contributed by atoms with van der Waals surface area (Å²) in [6, 6.07) is 0. The molecule has 0 aliphatic heterocycles. The van der Waals surface area contributed by atoms with Crippen molar-refractivity contribution in [3.63, 3.8) is 0 Å². The van der Waals surface area contributed by atoms with Crippen LogP contribution in [0.2, 0.25) is 0 Å². The number of rotatable bonds is 7. The molecule has 0 saturated heterocycles. The third kappa shape index (κ3) is 5.30. The lowest BCUT2D eigenvalue weighted by Crippen LogP contribution is -2.26. The van der Waals surface area contributed by atoms with Gasteiger partial charge in [-0.25, -0.2) is 0 Å². The van der Waals surface area contributed by atoms with E-state index in [1.807, 2.05) is 7.11 Å². The molecule has 0 aromatic heterocycles. The number of ether oxygens (including phenoxy) is 1. The van der Waals surface area contributed by atoms with Crippen LogP contribution in [0.4, 0.5) is 0 Å². The second-order valence-electron chi connectivity index (χ2n) is 4.41. The molecule has 2 unspecified atom stereocenters. The van der Waals surface area contributed by atoms with E-state index in [1.165, 1.54) is 25.7 Å². The average molecular weight is 186 g/mol. The minimum Gasteiger partial charge on any atom is -0.379 e. The highest BCUT2D eigenvalue weighted by atomic mass is 16.5. The monoisotopic (exact) mass is 186 g/mol. The van der Waals surface area contributed by atoms with Crippen molar-refractivity contribution in [3.05, 3.63) is 0 Å². The van der Waals surface area contributed by atoms with Crippen molar-refractivity contribution in [3.8, 4) is 0 Å². The molecule has 2 atom stereocenters. The van der Waals surface area contributed by atoms with E-state index in [0.717, 1.165) is 12.3 Å². The van der Waals surface area contributed by atoms with Crippen LogP contribution in [0, 0.1) is 5.92 Å². The molecule has 1 heteroatoms. The lowest BCUT2D eigenvalue weighted by atomic mass is 9.92. The Kier molecular flexibility index (Phi) is 6.40. The predicted molar refractivity (Wildman–Crippen MR) is 59.0 cm³/mol. The minimum absolute atomic E-state index is 0.119. The quantitative estimate of drug-likeness (QED) is 0.583. The molecular weight excluding hydrogens is 160 g/mol. The fourth-order valence-corrected chi connectivity index (χ4v) is 1.45. The number of methoxy groups -OCH3 is 1. The molecule has 0 rings (SSSR count). The first-order valence-electron chi connectivity index (χ1n) is 5.63. The van der Waals surface area contributed by atoms with Crippen LogP contribution in [0.5, 0.6) is 0 Å². The topological polar surface area (TPSA) is 9.23 Å². The molecule has 13 heavy (non-hydrogen) atoms. The molecule has 0 aliphatic carbocycles. The van der Waals surface area contributed by atoms with Crippen molar-refractivity contribution in [2.75, 3.05) is 7.11 Å². The van der Waals surface area contributed by atoms with Gasteiger partial charge in [0, 0.05) is 7.11 Å². The molecule has 0 N–H and O–H groups in total. The van der Waals surface area contributed by atoms with Crippen molar-refractivity contribution in [2.45, 2.75) is 65.4 Å². The third-order valence-electron chi connectivity index (χ3n) is 3.34. The summed E-state index contributed by atoms with van der Waals surface area (Å²) in [5.41, 5.74) is 0.119. The summed E-state index contributed by atoms with van der Waals surface area (Å²) in [6.45, 7) is 9.01. The summed E-state index contributed by atoms with van der Waals surface area (Å²) in [5.74, 6) is 0.873. The highest BCUT2D eigenvalue weighted by molar-refractivity contribution is 4.72. The smallest absolute Gasteiger partial charge is 0.0648 e. The first kappa shape index (κ1) is 13.0. The molecule has 80 valence electrons. The standard InChI is InChI=1S/C12H26O/c1-6-11(3)9-8-10-12(4,7-2)13-5/h11H,6-10H2,1-5H3. The molecule has 0 radical (unpaired) electrons. The zero-order valence-corrected chi connectivity index (χ0v) is 10.0. The Labute approximate surface area is 83.9 Å². The Morgan fingerprint density at radius 1 is 1.31 bits per heavy atom. The summed E-state index contributed by atoms with van der Waals surface area (Å²) < 4.78 is 5.50. The normalized spacial score (nSPS) is 18.2. The molecule has 0 amide bonds. The van der Waals surface area contributed by atoms with Crippen LogP contribution in [0.25, 0.3) is 0 Å². The van der Waals surface area contributed by atoms with Gasteiger partial charge >= 0.3 is 0 Å². The van der Waals surface area contributed by atoms with Gasteiger partial charge < -0.3 is 4.74 Å². The van der Waals surface area contributed by atoms with Gasteiger partial charge in [0.1, 0.15) is 0 Å². The van der Waals surface area contributed by atoms with Gasteiger partial charge in [0.15, 0.2) is 0 Å². The van der Waals surface area contributed by atoms with E-state index in [1.54, 1.807) is 0 Å². The average Bonchev–Trinajstić information content (AvgIpc) is 2.17. The van der Waals surface area contributed by atoms with Crippen LogP contribution >= 0.6 is 0 Å². The van der Waals surface area contributed by atoms with Gasteiger partial charge in [0.2, 0.25) is 0 Å². The summed E-state index contributed by atoms with van der Waals surface area (Å²) in [4.78, 5) is 0. The van der Waals surface area contributed by atoms with Gasteiger partial charge in [-0.2, -0.15) is 0 Å². The summed E-state index contributed by atoms with van der Waals surface area (Å²) in [6.07, 6.45) is 6.26. The van der Waals surface area contributed by atoms with Crippen molar-refractivity contribution < 1.29 is 4.74 Å². The fourth-order valence-electron chi connectivity index (χ4n) is 1.45. The summed E-state index contributed by atoms with van der Waals surface area (Å²) >= 11 is 0. The predicted octanol–water partition coefficient (Wildman–Crippen LogP) is 4.02. The third-order valence-corrected chi connectivity index (χ3v) is 3.34. The van der Waals surface area contributed by atoms with E-state index in [4.69, 9.17) is 4.74 Å². The Hall–Kier alpha value is -0.0400. The molecule has 0 fully saturated rings. The van der Waals surface area contributed by atoms with E-state index in [9.17, 15) is 0 Å². The van der Waals surface area contributed by atoms with E-state index in [-0.39, 0.29) is 5.60 Å². The Balaban J connectivity index is 3.61. The number of hydrogen-bond donors (Lipinski definition) is 0. The van der Waals surface area contributed by atoms with E-state index >= 15 is 0 Å². The zero-order valence-electron chi connectivity index (χ0n) is 10.0. The van der Waals surface area contributed by atoms with Crippen LogP contribution in [0.3, 0.4) is 0 Å². The van der Waals surface area contributed by atoms with E-state index in [0.29, 0.717) is 0 Å². The summed E-state index contributed by atoms with van der Waals surface area (Å²) in [7, 11) is 1.83. The van der Waals surface area contributed by atoms with Crippen molar-refractivity contribution >= 4 is 0 Å². The molecule has 1 nitrogen and oxygen atoms in total. The van der Waals surface area contributed by atoms with Gasteiger partial charge in [-0.3, -0.25) is 0 Å². The van der Waals surface area contributed by atoms with E-state index in [2.05, 4.69) is 27.7 Å². The van der Waals surface area contributed by atoms with Crippen molar-refractivity contribution in [1.82, 2.24) is 0 Å². The van der Waals surface area contributed by atoms with Crippen LogP contribution in [-0.2, 0) is 4.74 Å². The molecule has 0 spiro atoms. The highest BCUT2D eigenvalue weighted by Crippen LogP contribution is 2.23. The molecule has 0 aliphatic rings. The Morgan fingerprint density at radius 2 is 1.92 bits per heavy atom. The highest BCUT2D eigenvalue weighted by Gasteiger charge is 2.20. The van der Waals surface area contributed by atoms with Gasteiger partial charge in [-0.05, 0) is 25.7 Å². The van der Waals surface area contributed by atoms with Gasteiger partial charge in [0.25, 0.3) is 0 Å². The maximum Gasteiger partial charge on any atom is 0.0648 e. The van der Waals surface area contributed by atoms with Gasteiger partial charge in [0.05, 0.1) is 5.60 Å². The number of hydrogen-bond acceptors (Lipinski definition) is 1. The maximum absolute atomic E-state index is 5.50. The van der Waals surface area contributed by atoms with Crippen molar-refractivity contribution in [2.24, 2.45) is 5.92 Å². The first-order chi connectivity index (χ1) is 6.08. The SMILES string of the molecule is CCC(C)CCCC(C)(CC)OC. The Morgan fingerprint density at radius 3 is 2.31 bits per heavy atom. The van der Waals surface area contributed by atoms with Gasteiger partial charge in [-0.1, -0.05) is 40.0 Å². The first-order valence-corrected chi connectivity index (χ1v) is 5.63. The Bertz CT molecular complexity index is 116. The fraction of sp³-hybridized carbons (Fsp3) is 1.00. The lowest BCUT2D eigenvalue weighted by molar-refractivity contribution is -0.00678. The van der Waals surface area contributed by atoms with Crippen molar-refractivity contribution in [1.29, 1.82) is 0 Å². The molecular formula is C12H26O.